The molecule has 0 aliphatic heterocycles. The predicted molar refractivity (Wildman–Crippen MR) is 76.1 cm³/mol. The van der Waals surface area contributed by atoms with E-state index in [0.717, 1.165) is 33.1 Å². The Morgan fingerprint density at radius 3 is 3.10 bits per heavy atom. The van der Waals surface area contributed by atoms with Gasteiger partial charge in [0.05, 0.1) is 5.52 Å². The number of benzene rings is 1. The minimum atomic E-state index is 0.670. The van der Waals surface area contributed by atoms with Gasteiger partial charge in [-0.2, -0.15) is 0 Å². The van der Waals surface area contributed by atoms with E-state index in [0.29, 0.717) is 5.89 Å². The van der Waals surface area contributed by atoms with Crippen LogP contribution in [-0.2, 0) is 0 Å². The third-order valence-electron chi connectivity index (χ3n) is 3.27. The van der Waals surface area contributed by atoms with Gasteiger partial charge in [0, 0.05) is 30.3 Å². The Morgan fingerprint density at radius 1 is 1.20 bits per heavy atom. The summed E-state index contributed by atoms with van der Waals surface area (Å²) in [6, 6.07) is 9.90. The van der Waals surface area contributed by atoms with Gasteiger partial charge in [-0.3, -0.25) is 9.97 Å². The summed E-state index contributed by atoms with van der Waals surface area (Å²) in [5.41, 5.74) is 4.46. The molecule has 4 heteroatoms. The second kappa shape index (κ2) is 4.13. The Bertz CT molecular complexity index is 922. The number of aromatic nitrogens is 3. The van der Waals surface area contributed by atoms with Gasteiger partial charge in [-0.15, -0.1) is 0 Å². The molecule has 0 saturated heterocycles. The van der Waals surface area contributed by atoms with Crippen molar-refractivity contribution in [2.24, 2.45) is 0 Å². The van der Waals surface area contributed by atoms with E-state index in [1.165, 1.54) is 0 Å². The fourth-order valence-corrected chi connectivity index (χ4v) is 2.38. The van der Waals surface area contributed by atoms with E-state index < -0.39 is 0 Å². The van der Waals surface area contributed by atoms with E-state index in [2.05, 4.69) is 21.1 Å². The summed E-state index contributed by atoms with van der Waals surface area (Å²) in [6.07, 6.45) is 6.45. The molecule has 0 N–H and O–H groups in total. The molecule has 0 aliphatic carbocycles. The van der Waals surface area contributed by atoms with Gasteiger partial charge in [0.25, 0.3) is 0 Å². The molecular weight excluding hydrogens is 250 g/mol. The highest BCUT2D eigenvalue weighted by molar-refractivity contribution is 5.95. The molecule has 0 atom stereocenters. The summed E-state index contributed by atoms with van der Waals surface area (Å²) in [4.78, 5) is 12.7. The molecule has 0 fully saturated rings. The minimum Gasteiger partial charge on any atom is -0.441 e. The molecule has 4 aromatic rings. The van der Waals surface area contributed by atoms with Crippen LogP contribution in [0.25, 0.3) is 33.1 Å². The molecule has 3 heterocycles. The van der Waals surface area contributed by atoms with Crippen LogP contribution in [0.5, 0.6) is 0 Å². The maximum absolute atomic E-state index is 5.59. The van der Waals surface area contributed by atoms with Gasteiger partial charge in [0.1, 0.15) is 11.7 Å². The zero-order valence-corrected chi connectivity index (χ0v) is 10.8. The van der Waals surface area contributed by atoms with E-state index in [4.69, 9.17) is 4.42 Å². The van der Waals surface area contributed by atoms with Crippen LogP contribution < -0.4 is 0 Å². The number of pyridine rings is 2. The van der Waals surface area contributed by atoms with Crippen molar-refractivity contribution in [3.63, 3.8) is 0 Å². The van der Waals surface area contributed by atoms with Crippen LogP contribution >= 0.6 is 0 Å². The SMILES string of the molecule is Cc1nc2ccc(-c3cn[c]c4ncccc34)cc2o1. The molecular formula is C16H10N3O. The monoisotopic (exact) mass is 260 g/mol. The Morgan fingerprint density at radius 2 is 2.15 bits per heavy atom. The van der Waals surface area contributed by atoms with Crippen molar-refractivity contribution in [3.05, 3.63) is 54.8 Å². The minimum absolute atomic E-state index is 0.670. The normalized spacial score (nSPS) is 11.2. The van der Waals surface area contributed by atoms with Crippen molar-refractivity contribution < 1.29 is 4.42 Å². The average Bonchev–Trinajstić information content (AvgIpc) is 2.85. The van der Waals surface area contributed by atoms with Crippen LogP contribution in [-0.4, -0.2) is 15.0 Å². The fourth-order valence-electron chi connectivity index (χ4n) is 2.38. The number of aryl methyl sites for hydroxylation is 1. The molecule has 0 aliphatic rings. The van der Waals surface area contributed by atoms with E-state index >= 15 is 0 Å². The summed E-state index contributed by atoms with van der Waals surface area (Å²) < 4.78 is 5.59. The maximum atomic E-state index is 5.59. The van der Waals surface area contributed by atoms with Crippen LogP contribution in [0.2, 0.25) is 0 Å². The lowest BCUT2D eigenvalue weighted by Crippen LogP contribution is -1.86. The van der Waals surface area contributed by atoms with Crippen LogP contribution in [0.15, 0.2) is 47.1 Å². The summed E-state index contributed by atoms with van der Waals surface area (Å²) >= 11 is 0. The third-order valence-corrected chi connectivity index (χ3v) is 3.27. The van der Waals surface area contributed by atoms with E-state index in [9.17, 15) is 0 Å². The number of hydrogen-bond donors (Lipinski definition) is 0. The Kier molecular flexibility index (Phi) is 2.29. The van der Waals surface area contributed by atoms with Gasteiger partial charge in [-0.1, -0.05) is 12.1 Å². The highest BCUT2D eigenvalue weighted by atomic mass is 16.3. The first-order valence-corrected chi connectivity index (χ1v) is 6.30. The zero-order chi connectivity index (χ0) is 13.5. The van der Waals surface area contributed by atoms with Gasteiger partial charge in [-0.05, 0) is 23.8 Å². The van der Waals surface area contributed by atoms with Crippen molar-refractivity contribution in [2.45, 2.75) is 6.92 Å². The third kappa shape index (κ3) is 1.66. The largest absolute Gasteiger partial charge is 0.441 e. The summed E-state index contributed by atoms with van der Waals surface area (Å²) in [6.45, 7) is 1.85. The Labute approximate surface area is 115 Å². The lowest BCUT2D eigenvalue weighted by atomic mass is 10.0. The quantitative estimate of drug-likeness (QED) is 0.525. The van der Waals surface area contributed by atoms with Crippen molar-refractivity contribution in [3.8, 4) is 11.1 Å². The molecule has 3 aromatic heterocycles. The number of rotatable bonds is 1. The first-order valence-electron chi connectivity index (χ1n) is 6.30. The lowest BCUT2D eigenvalue weighted by molar-refractivity contribution is 0.561. The standard InChI is InChI=1S/C16H10N3O/c1-10-19-14-5-4-11(7-16(14)20-10)13-8-17-9-15-12(13)3-2-6-18-15/h2-8H,1H3. The molecule has 0 spiro atoms. The van der Waals surface area contributed by atoms with Crippen molar-refractivity contribution in [1.29, 1.82) is 0 Å². The number of fused-ring (bicyclic) bond motifs is 2. The summed E-state index contributed by atoms with van der Waals surface area (Å²) in [5, 5.41) is 1.03. The molecule has 4 nitrogen and oxygen atoms in total. The Hall–Kier alpha value is -2.75. The van der Waals surface area contributed by atoms with Gasteiger partial charge < -0.3 is 4.42 Å². The molecule has 0 saturated carbocycles. The van der Waals surface area contributed by atoms with Gasteiger partial charge in [0.2, 0.25) is 0 Å². The van der Waals surface area contributed by atoms with Gasteiger partial charge in [0.15, 0.2) is 11.5 Å². The molecule has 20 heavy (non-hydrogen) atoms. The fraction of sp³-hybridized carbons (Fsp3) is 0.0625. The van der Waals surface area contributed by atoms with E-state index in [1.54, 1.807) is 12.4 Å². The molecule has 95 valence electrons. The summed E-state index contributed by atoms with van der Waals surface area (Å²) in [5.74, 6) is 0.670. The number of nitrogens with zero attached hydrogens (tertiary/aromatic N) is 3. The smallest absolute Gasteiger partial charge is 0.192 e. The van der Waals surface area contributed by atoms with Gasteiger partial charge in [-0.25, -0.2) is 4.98 Å². The topological polar surface area (TPSA) is 51.8 Å². The highest BCUT2D eigenvalue weighted by Crippen LogP contribution is 2.29. The Balaban J connectivity index is 2.00. The average molecular weight is 260 g/mol. The molecule has 4 rings (SSSR count). The molecule has 1 radical (unpaired) electrons. The zero-order valence-electron chi connectivity index (χ0n) is 10.8. The molecule has 0 amide bonds. The number of oxazole rings is 1. The second-order valence-corrected chi connectivity index (χ2v) is 4.60. The molecule has 0 unspecified atom stereocenters. The van der Waals surface area contributed by atoms with E-state index in [-0.39, 0.29) is 0 Å². The van der Waals surface area contributed by atoms with Crippen LogP contribution in [0.1, 0.15) is 5.89 Å². The number of hydrogen-bond acceptors (Lipinski definition) is 4. The van der Waals surface area contributed by atoms with Crippen molar-refractivity contribution in [1.82, 2.24) is 15.0 Å². The summed E-state index contributed by atoms with van der Waals surface area (Å²) in [7, 11) is 0. The first-order chi connectivity index (χ1) is 9.81. The van der Waals surface area contributed by atoms with Gasteiger partial charge >= 0.3 is 0 Å². The highest BCUT2D eigenvalue weighted by Gasteiger charge is 2.08. The molecule has 0 bridgehead atoms. The van der Waals surface area contributed by atoms with Crippen molar-refractivity contribution in [2.75, 3.05) is 0 Å². The van der Waals surface area contributed by atoms with E-state index in [1.807, 2.05) is 37.3 Å². The van der Waals surface area contributed by atoms with Crippen LogP contribution in [0.3, 0.4) is 0 Å². The predicted octanol–water partition coefficient (Wildman–Crippen LogP) is 3.55. The second-order valence-electron chi connectivity index (χ2n) is 4.60. The van der Waals surface area contributed by atoms with Crippen LogP contribution in [0.4, 0.5) is 0 Å². The van der Waals surface area contributed by atoms with Crippen LogP contribution in [0, 0.1) is 13.1 Å². The first kappa shape index (κ1) is 11.1. The molecule has 1 aromatic carbocycles. The lowest BCUT2D eigenvalue weighted by Gasteiger charge is -2.04. The van der Waals surface area contributed by atoms with Crippen molar-refractivity contribution >= 4 is 22.0 Å². The maximum Gasteiger partial charge on any atom is 0.192 e.